The summed E-state index contributed by atoms with van der Waals surface area (Å²) < 4.78 is 15.0. The number of halogens is 1. The minimum atomic E-state index is -0.273. The van der Waals surface area contributed by atoms with E-state index in [4.69, 9.17) is 0 Å². The summed E-state index contributed by atoms with van der Waals surface area (Å²) >= 11 is 0. The van der Waals surface area contributed by atoms with Crippen LogP contribution in [-0.2, 0) is 11.2 Å². The van der Waals surface area contributed by atoms with Crippen LogP contribution in [0.25, 0.3) is 5.69 Å². The Balaban J connectivity index is 1.61. The maximum Gasteiger partial charge on any atom is 0.224 e. The summed E-state index contributed by atoms with van der Waals surface area (Å²) in [5.41, 5.74) is 3.50. The number of aromatic nitrogens is 2. The van der Waals surface area contributed by atoms with E-state index in [1.807, 2.05) is 13.8 Å². The van der Waals surface area contributed by atoms with Crippen molar-refractivity contribution in [2.75, 3.05) is 19.6 Å². The summed E-state index contributed by atoms with van der Waals surface area (Å²) in [5.74, 6) is -0.235. The fraction of sp³-hybridized carbons (Fsp3) is 0.565. The minimum Gasteiger partial charge on any atom is -0.354 e. The molecule has 0 spiro atoms. The molecule has 5 nitrogen and oxygen atoms in total. The summed E-state index contributed by atoms with van der Waals surface area (Å²) in [6.45, 7) is 9.08. The molecule has 2 aromatic rings. The molecule has 0 radical (unpaired) electrons. The van der Waals surface area contributed by atoms with Crippen LogP contribution in [0.5, 0.6) is 0 Å². The molecule has 1 fully saturated rings. The van der Waals surface area contributed by atoms with Gasteiger partial charge in [-0.15, -0.1) is 0 Å². The van der Waals surface area contributed by atoms with Gasteiger partial charge in [0.2, 0.25) is 5.91 Å². The first-order valence-corrected chi connectivity index (χ1v) is 10.8. The van der Waals surface area contributed by atoms with Crippen LogP contribution in [0.4, 0.5) is 4.39 Å². The van der Waals surface area contributed by atoms with Crippen molar-refractivity contribution >= 4 is 5.91 Å². The second kappa shape index (κ2) is 10.0. The summed E-state index contributed by atoms with van der Waals surface area (Å²) in [7, 11) is 0. The number of amides is 1. The molecule has 0 saturated carbocycles. The molecule has 0 bridgehead atoms. The molecule has 1 aromatic carbocycles. The maximum atomic E-state index is 13.2. The lowest BCUT2D eigenvalue weighted by Crippen LogP contribution is -2.47. The molecule has 1 N–H and O–H groups in total. The Hall–Kier alpha value is -2.21. The number of carbonyl (C=O) groups is 1. The predicted molar refractivity (Wildman–Crippen MR) is 114 cm³/mol. The zero-order chi connectivity index (χ0) is 20.8. The standard InChI is InChI=1S/C23H33FN4O/c1-4-5-13-27-14-7-6-8-21(27)16-25-23(29)15-22-17(2)26-28(18(22)3)20-11-9-19(24)10-12-20/h9-12,21H,4-8,13-16H2,1-3H3,(H,25,29). The smallest absolute Gasteiger partial charge is 0.224 e. The number of likely N-dealkylation sites (tertiary alicyclic amines) is 1. The Morgan fingerprint density at radius 1 is 1.24 bits per heavy atom. The molecule has 1 unspecified atom stereocenters. The summed E-state index contributed by atoms with van der Waals surface area (Å²) in [4.78, 5) is 15.2. The van der Waals surface area contributed by atoms with Crippen molar-refractivity contribution in [2.45, 2.75) is 65.3 Å². The molecular weight excluding hydrogens is 367 g/mol. The van der Waals surface area contributed by atoms with E-state index in [1.165, 1.54) is 37.8 Å². The molecule has 1 aliphatic rings. The quantitative estimate of drug-likeness (QED) is 0.730. The number of aryl methyl sites for hydroxylation is 1. The van der Waals surface area contributed by atoms with E-state index in [1.54, 1.807) is 16.8 Å². The molecule has 1 aliphatic heterocycles. The first-order valence-electron chi connectivity index (χ1n) is 10.8. The molecular formula is C23H33FN4O. The Labute approximate surface area is 173 Å². The number of hydrogen-bond donors (Lipinski definition) is 1. The Bertz CT molecular complexity index is 815. The summed E-state index contributed by atoms with van der Waals surface area (Å²) in [5, 5.41) is 7.72. The van der Waals surface area contributed by atoms with Crippen molar-refractivity contribution in [3.8, 4) is 5.69 Å². The number of piperidine rings is 1. The Kier molecular flexibility index (Phi) is 7.42. The second-order valence-electron chi connectivity index (χ2n) is 8.06. The fourth-order valence-electron chi connectivity index (χ4n) is 4.17. The van der Waals surface area contributed by atoms with Gasteiger partial charge >= 0.3 is 0 Å². The molecule has 3 rings (SSSR count). The molecule has 1 amide bonds. The van der Waals surface area contributed by atoms with Crippen molar-refractivity contribution in [2.24, 2.45) is 0 Å². The van der Waals surface area contributed by atoms with Crippen LogP contribution in [-0.4, -0.2) is 46.3 Å². The van der Waals surface area contributed by atoms with Crippen molar-refractivity contribution in [3.63, 3.8) is 0 Å². The lowest BCUT2D eigenvalue weighted by atomic mass is 10.0. The predicted octanol–water partition coefficient (Wildman–Crippen LogP) is 3.94. The third-order valence-corrected chi connectivity index (χ3v) is 5.93. The Morgan fingerprint density at radius 3 is 2.72 bits per heavy atom. The highest BCUT2D eigenvalue weighted by Gasteiger charge is 2.23. The number of rotatable bonds is 8. The van der Waals surface area contributed by atoms with E-state index in [0.29, 0.717) is 19.0 Å². The van der Waals surface area contributed by atoms with Gasteiger partial charge in [0.05, 0.1) is 17.8 Å². The van der Waals surface area contributed by atoms with E-state index in [2.05, 4.69) is 22.2 Å². The average molecular weight is 401 g/mol. The SMILES string of the molecule is CCCCN1CCCCC1CNC(=O)Cc1c(C)nn(-c2ccc(F)cc2)c1C. The molecule has 0 aliphatic carbocycles. The number of hydrogen-bond acceptors (Lipinski definition) is 3. The van der Waals surface area contributed by atoms with Crippen LogP contribution in [0, 0.1) is 19.7 Å². The fourth-order valence-corrected chi connectivity index (χ4v) is 4.17. The number of nitrogens with zero attached hydrogens (tertiary/aromatic N) is 3. The Morgan fingerprint density at radius 2 is 2.00 bits per heavy atom. The van der Waals surface area contributed by atoms with Gasteiger partial charge in [-0.1, -0.05) is 19.8 Å². The average Bonchev–Trinajstić information content (AvgIpc) is 3.00. The maximum absolute atomic E-state index is 13.2. The molecule has 6 heteroatoms. The molecule has 1 saturated heterocycles. The zero-order valence-electron chi connectivity index (χ0n) is 17.9. The first-order chi connectivity index (χ1) is 14.0. The van der Waals surface area contributed by atoms with Gasteiger partial charge in [0.25, 0.3) is 0 Å². The number of nitrogens with one attached hydrogen (secondary N) is 1. The van der Waals surface area contributed by atoms with Gasteiger partial charge in [0.1, 0.15) is 5.82 Å². The molecule has 158 valence electrons. The number of benzene rings is 1. The van der Waals surface area contributed by atoms with E-state index in [0.717, 1.165) is 42.1 Å². The highest BCUT2D eigenvalue weighted by Crippen LogP contribution is 2.20. The lowest BCUT2D eigenvalue weighted by Gasteiger charge is -2.35. The van der Waals surface area contributed by atoms with Crippen molar-refractivity contribution in [1.29, 1.82) is 0 Å². The van der Waals surface area contributed by atoms with Gasteiger partial charge in [-0.2, -0.15) is 5.10 Å². The van der Waals surface area contributed by atoms with E-state index >= 15 is 0 Å². The zero-order valence-corrected chi connectivity index (χ0v) is 17.9. The first kappa shape index (κ1) is 21.5. The lowest BCUT2D eigenvalue weighted by molar-refractivity contribution is -0.120. The largest absolute Gasteiger partial charge is 0.354 e. The summed E-state index contributed by atoms with van der Waals surface area (Å²) in [6, 6.07) is 6.70. The minimum absolute atomic E-state index is 0.0378. The second-order valence-corrected chi connectivity index (χ2v) is 8.06. The van der Waals surface area contributed by atoms with Crippen LogP contribution in [0.2, 0.25) is 0 Å². The third kappa shape index (κ3) is 5.44. The molecule has 1 aromatic heterocycles. The van der Waals surface area contributed by atoms with Gasteiger partial charge < -0.3 is 5.32 Å². The van der Waals surface area contributed by atoms with Crippen molar-refractivity contribution in [1.82, 2.24) is 20.0 Å². The highest BCUT2D eigenvalue weighted by atomic mass is 19.1. The van der Waals surface area contributed by atoms with E-state index in [9.17, 15) is 9.18 Å². The van der Waals surface area contributed by atoms with Crippen LogP contribution >= 0.6 is 0 Å². The van der Waals surface area contributed by atoms with Crippen molar-refractivity contribution in [3.05, 3.63) is 47.0 Å². The summed E-state index contributed by atoms with van der Waals surface area (Å²) in [6.07, 6.45) is 6.39. The molecule has 2 heterocycles. The van der Waals surface area contributed by atoms with Gasteiger partial charge in [-0.25, -0.2) is 9.07 Å². The number of carbonyl (C=O) groups excluding carboxylic acids is 1. The topological polar surface area (TPSA) is 50.2 Å². The van der Waals surface area contributed by atoms with Gasteiger partial charge in [0.15, 0.2) is 0 Å². The normalized spacial score (nSPS) is 17.4. The molecule has 1 atom stereocenters. The highest BCUT2D eigenvalue weighted by molar-refractivity contribution is 5.79. The van der Waals surface area contributed by atoms with Crippen LogP contribution < -0.4 is 5.32 Å². The van der Waals surface area contributed by atoms with Crippen molar-refractivity contribution < 1.29 is 9.18 Å². The van der Waals surface area contributed by atoms with Gasteiger partial charge in [0, 0.05) is 23.8 Å². The van der Waals surface area contributed by atoms with E-state index < -0.39 is 0 Å². The third-order valence-electron chi connectivity index (χ3n) is 5.93. The van der Waals surface area contributed by atoms with Gasteiger partial charge in [-0.3, -0.25) is 9.69 Å². The monoisotopic (exact) mass is 400 g/mol. The van der Waals surface area contributed by atoms with Crippen LogP contribution in [0.1, 0.15) is 56.0 Å². The van der Waals surface area contributed by atoms with Crippen LogP contribution in [0.15, 0.2) is 24.3 Å². The van der Waals surface area contributed by atoms with Gasteiger partial charge in [-0.05, 0) is 70.5 Å². The van der Waals surface area contributed by atoms with E-state index in [-0.39, 0.29) is 11.7 Å². The molecule has 29 heavy (non-hydrogen) atoms. The number of unbranched alkanes of at least 4 members (excludes halogenated alkanes) is 1. The van der Waals surface area contributed by atoms with Crippen LogP contribution in [0.3, 0.4) is 0 Å².